The van der Waals surface area contributed by atoms with E-state index in [9.17, 15) is 9.36 Å². The van der Waals surface area contributed by atoms with Crippen molar-refractivity contribution in [1.29, 1.82) is 0 Å². The summed E-state index contributed by atoms with van der Waals surface area (Å²) in [4.78, 5) is 12.1. The second-order valence-corrected chi connectivity index (χ2v) is 7.83. The fourth-order valence-electron chi connectivity index (χ4n) is 2.42. The molecule has 0 heterocycles. The van der Waals surface area contributed by atoms with Gasteiger partial charge in [0, 0.05) is 0 Å². The largest absolute Gasteiger partial charge is 0.513 e. The summed E-state index contributed by atoms with van der Waals surface area (Å²) in [7, 11) is -2.31. The van der Waals surface area contributed by atoms with Crippen molar-refractivity contribution in [3.8, 4) is 17.2 Å². The van der Waals surface area contributed by atoms with Crippen LogP contribution in [0.1, 0.15) is 5.56 Å². The minimum absolute atomic E-state index is 0.0773. The Morgan fingerprint density at radius 3 is 1.83 bits per heavy atom. The van der Waals surface area contributed by atoms with Crippen molar-refractivity contribution in [3.05, 3.63) is 90.5 Å². The lowest BCUT2D eigenvalue weighted by Gasteiger charge is -2.20. The zero-order valence-corrected chi connectivity index (χ0v) is 17.3. The molecule has 0 aliphatic heterocycles. The van der Waals surface area contributed by atoms with Gasteiger partial charge in [-0.3, -0.25) is 4.79 Å². The molecule has 0 saturated heterocycles. The summed E-state index contributed by atoms with van der Waals surface area (Å²) in [6.07, 6.45) is 0. The van der Waals surface area contributed by atoms with Gasteiger partial charge >= 0.3 is 13.7 Å². The normalized spacial score (nSPS) is 10.8. The first-order valence-corrected chi connectivity index (χ1v) is 10.7. The average Bonchev–Trinajstić information content (AvgIpc) is 2.78. The molecule has 0 spiro atoms. The third-order valence-electron chi connectivity index (χ3n) is 3.91. The van der Waals surface area contributed by atoms with E-state index in [0.717, 1.165) is 5.56 Å². The SMILES string of the molecule is COc1ccc(COC(=O)CNP(=O)(Oc2ccccc2)Oc2ccccc2)cc1. The zero-order valence-electron chi connectivity index (χ0n) is 16.4. The van der Waals surface area contributed by atoms with Crippen LogP contribution in [0.5, 0.6) is 17.2 Å². The molecule has 0 amide bonds. The van der Waals surface area contributed by atoms with Crippen molar-refractivity contribution < 1.29 is 27.9 Å². The number of benzene rings is 3. The highest BCUT2D eigenvalue weighted by molar-refractivity contribution is 7.52. The second kappa shape index (κ2) is 10.5. The Bertz CT molecular complexity index is 934. The van der Waals surface area contributed by atoms with E-state index in [-0.39, 0.29) is 13.2 Å². The van der Waals surface area contributed by atoms with E-state index in [4.69, 9.17) is 18.5 Å². The highest BCUT2D eigenvalue weighted by Crippen LogP contribution is 2.44. The Morgan fingerprint density at radius 1 is 0.800 bits per heavy atom. The molecule has 0 fully saturated rings. The molecule has 0 aromatic heterocycles. The molecule has 8 heteroatoms. The number of ether oxygens (including phenoxy) is 2. The van der Waals surface area contributed by atoms with Gasteiger partial charge < -0.3 is 18.5 Å². The first-order chi connectivity index (χ1) is 14.6. The Morgan fingerprint density at radius 2 is 1.33 bits per heavy atom. The van der Waals surface area contributed by atoms with Crippen LogP contribution < -0.4 is 18.9 Å². The lowest BCUT2D eigenvalue weighted by atomic mass is 10.2. The van der Waals surface area contributed by atoms with Gasteiger partial charge in [0.1, 0.15) is 30.4 Å². The van der Waals surface area contributed by atoms with Crippen molar-refractivity contribution >= 4 is 13.7 Å². The smallest absolute Gasteiger partial charge is 0.497 e. The number of esters is 1. The fraction of sp³-hybridized carbons (Fsp3) is 0.136. The van der Waals surface area contributed by atoms with Crippen LogP contribution in [0.3, 0.4) is 0 Å². The molecule has 0 saturated carbocycles. The van der Waals surface area contributed by atoms with Gasteiger partial charge in [0.15, 0.2) is 0 Å². The molecule has 3 rings (SSSR count). The van der Waals surface area contributed by atoms with E-state index in [2.05, 4.69) is 5.09 Å². The maximum Gasteiger partial charge on any atom is 0.513 e. The van der Waals surface area contributed by atoms with Gasteiger partial charge in [-0.2, -0.15) is 5.09 Å². The predicted molar refractivity (Wildman–Crippen MR) is 113 cm³/mol. The second-order valence-electron chi connectivity index (χ2n) is 6.15. The van der Waals surface area contributed by atoms with Crippen LogP contribution in [0, 0.1) is 0 Å². The monoisotopic (exact) mass is 427 g/mol. The quantitative estimate of drug-likeness (QED) is 0.374. The number of para-hydroxylation sites is 2. The van der Waals surface area contributed by atoms with Crippen LogP contribution in [-0.2, 0) is 20.7 Å². The van der Waals surface area contributed by atoms with Crippen LogP contribution >= 0.6 is 7.75 Å². The Kier molecular flexibility index (Phi) is 7.49. The maximum absolute atomic E-state index is 13.2. The van der Waals surface area contributed by atoms with Crippen molar-refractivity contribution in [2.24, 2.45) is 0 Å². The van der Waals surface area contributed by atoms with Gasteiger partial charge in [-0.05, 0) is 42.0 Å². The Labute approximate surface area is 175 Å². The van der Waals surface area contributed by atoms with Gasteiger partial charge in [-0.1, -0.05) is 48.5 Å². The number of nitrogens with one attached hydrogen (secondary N) is 1. The summed E-state index contributed by atoms with van der Waals surface area (Å²) >= 11 is 0. The highest BCUT2D eigenvalue weighted by Gasteiger charge is 2.29. The molecule has 0 unspecified atom stereocenters. The van der Waals surface area contributed by atoms with E-state index in [1.54, 1.807) is 92.0 Å². The molecule has 0 aliphatic carbocycles. The Balaban J connectivity index is 1.60. The molecule has 0 aliphatic rings. The number of methoxy groups -OCH3 is 1. The van der Waals surface area contributed by atoms with E-state index < -0.39 is 13.7 Å². The predicted octanol–water partition coefficient (Wildman–Crippen LogP) is 4.59. The standard InChI is InChI=1S/C22H22NO6P/c1-26-19-14-12-18(13-15-19)17-27-22(24)16-23-30(25,28-20-8-4-2-5-9-20)29-21-10-6-3-7-11-21/h2-15H,16-17H2,1H3,(H,23,25). The molecule has 156 valence electrons. The zero-order chi connectivity index (χ0) is 21.2. The van der Waals surface area contributed by atoms with E-state index in [1.807, 2.05) is 0 Å². The lowest BCUT2D eigenvalue weighted by Crippen LogP contribution is -2.26. The third kappa shape index (κ3) is 6.65. The highest BCUT2D eigenvalue weighted by atomic mass is 31.2. The van der Waals surface area contributed by atoms with Crippen LogP contribution in [0.2, 0.25) is 0 Å². The molecule has 0 bridgehead atoms. The van der Waals surface area contributed by atoms with Crippen molar-refractivity contribution in [2.45, 2.75) is 6.61 Å². The fourth-order valence-corrected chi connectivity index (χ4v) is 3.71. The summed E-state index contributed by atoms with van der Waals surface area (Å²) in [6, 6.07) is 24.3. The molecule has 3 aromatic carbocycles. The van der Waals surface area contributed by atoms with Gasteiger partial charge in [-0.15, -0.1) is 0 Å². The number of carbonyl (C=O) groups is 1. The molecule has 0 radical (unpaired) electrons. The van der Waals surface area contributed by atoms with E-state index in [1.165, 1.54) is 0 Å². The lowest BCUT2D eigenvalue weighted by molar-refractivity contribution is -0.143. The number of carbonyl (C=O) groups excluding carboxylic acids is 1. The first-order valence-electron chi connectivity index (χ1n) is 9.19. The summed E-state index contributed by atoms with van der Waals surface area (Å²) < 4.78 is 34.6. The summed E-state index contributed by atoms with van der Waals surface area (Å²) in [5.41, 5.74) is 0.799. The van der Waals surface area contributed by atoms with Gasteiger partial charge in [0.25, 0.3) is 0 Å². The molecule has 0 atom stereocenters. The van der Waals surface area contributed by atoms with E-state index in [0.29, 0.717) is 17.2 Å². The van der Waals surface area contributed by atoms with Crippen LogP contribution in [0.15, 0.2) is 84.9 Å². The molecular weight excluding hydrogens is 405 g/mol. The molecule has 3 aromatic rings. The average molecular weight is 427 g/mol. The minimum atomic E-state index is -3.89. The molecular formula is C22H22NO6P. The molecule has 7 nitrogen and oxygen atoms in total. The van der Waals surface area contributed by atoms with Gasteiger partial charge in [0.2, 0.25) is 0 Å². The van der Waals surface area contributed by atoms with Crippen LogP contribution in [-0.4, -0.2) is 19.6 Å². The van der Waals surface area contributed by atoms with Crippen molar-refractivity contribution in [2.75, 3.05) is 13.7 Å². The van der Waals surface area contributed by atoms with E-state index >= 15 is 0 Å². The summed E-state index contributed by atoms with van der Waals surface area (Å²) in [6.45, 7) is -0.277. The maximum atomic E-state index is 13.2. The minimum Gasteiger partial charge on any atom is -0.497 e. The molecule has 1 N–H and O–H groups in total. The molecule has 30 heavy (non-hydrogen) atoms. The van der Waals surface area contributed by atoms with Crippen molar-refractivity contribution in [1.82, 2.24) is 5.09 Å². The number of rotatable bonds is 10. The topological polar surface area (TPSA) is 83.1 Å². The van der Waals surface area contributed by atoms with Crippen molar-refractivity contribution in [3.63, 3.8) is 0 Å². The van der Waals surface area contributed by atoms with Crippen LogP contribution in [0.4, 0.5) is 0 Å². The number of hydrogen-bond acceptors (Lipinski definition) is 6. The third-order valence-corrected chi connectivity index (χ3v) is 5.36. The van der Waals surface area contributed by atoms with Gasteiger partial charge in [-0.25, -0.2) is 4.57 Å². The first kappa shape index (κ1) is 21.4. The van der Waals surface area contributed by atoms with Crippen LogP contribution in [0.25, 0.3) is 0 Å². The Hall–Kier alpha value is -3.28. The summed E-state index contributed by atoms with van der Waals surface area (Å²) in [5, 5.41) is 2.56. The van der Waals surface area contributed by atoms with Gasteiger partial charge in [0.05, 0.1) is 7.11 Å². The number of hydrogen-bond donors (Lipinski definition) is 1. The summed E-state index contributed by atoms with van der Waals surface area (Å²) in [5.74, 6) is 0.801.